The Hall–Kier alpha value is -3.02. The molecule has 6 heteroatoms. The molecule has 162 valence electrons. The van der Waals surface area contributed by atoms with Gasteiger partial charge in [0.25, 0.3) is 0 Å². The molecular weight excluding hydrogens is 390 g/mol. The third-order valence-corrected chi connectivity index (χ3v) is 7.84. The van der Waals surface area contributed by atoms with Gasteiger partial charge in [0.1, 0.15) is 11.5 Å². The highest BCUT2D eigenvalue weighted by molar-refractivity contribution is 5.88. The summed E-state index contributed by atoms with van der Waals surface area (Å²) in [5.41, 5.74) is 15.5. The Kier molecular flexibility index (Phi) is 4.68. The van der Waals surface area contributed by atoms with Crippen molar-refractivity contribution in [3.8, 4) is 5.75 Å². The number of aryl methyl sites for hydroxylation is 1. The molecule has 0 aliphatic heterocycles. The van der Waals surface area contributed by atoms with E-state index in [1.54, 1.807) is 18.2 Å². The van der Waals surface area contributed by atoms with Gasteiger partial charge in [0.2, 0.25) is 0 Å². The summed E-state index contributed by atoms with van der Waals surface area (Å²) in [7, 11) is 0. The Morgan fingerprint density at radius 2 is 1.84 bits per heavy atom. The van der Waals surface area contributed by atoms with Crippen LogP contribution in [-0.2, 0) is 11.2 Å². The van der Waals surface area contributed by atoms with E-state index in [2.05, 4.69) is 18.3 Å². The molecule has 6 nitrogen and oxygen atoms in total. The van der Waals surface area contributed by atoms with Gasteiger partial charge in [-0.25, -0.2) is 4.79 Å². The summed E-state index contributed by atoms with van der Waals surface area (Å²) in [6.45, 7) is 2.20. The van der Waals surface area contributed by atoms with E-state index in [0.717, 1.165) is 38.5 Å². The lowest BCUT2D eigenvalue weighted by Gasteiger charge is -2.48. The van der Waals surface area contributed by atoms with Gasteiger partial charge in [0, 0.05) is 28.9 Å². The Morgan fingerprint density at radius 1 is 1.06 bits per heavy atom. The molecule has 0 heterocycles. The van der Waals surface area contributed by atoms with E-state index < -0.39 is 6.09 Å². The van der Waals surface area contributed by atoms with E-state index in [1.807, 2.05) is 12.1 Å². The first kappa shape index (κ1) is 19.9. The van der Waals surface area contributed by atoms with Gasteiger partial charge in [0.15, 0.2) is 0 Å². The van der Waals surface area contributed by atoms with Gasteiger partial charge in [-0.05, 0) is 91.3 Å². The van der Waals surface area contributed by atoms with E-state index in [4.69, 9.17) is 16.2 Å². The van der Waals surface area contributed by atoms with Crippen molar-refractivity contribution in [3.63, 3.8) is 0 Å². The lowest BCUT2D eigenvalue weighted by Crippen LogP contribution is -2.42. The lowest BCUT2D eigenvalue weighted by molar-refractivity contribution is -0.129. The number of carbonyl (C=O) groups excluding carboxylic acids is 2. The molecule has 2 fully saturated rings. The Balaban J connectivity index is 1.31. The minimum absolute atomic E-state index is 0.107. The predicted molar refractivity (Wildman–Crippen MR) is 121 cm³/mol. The number of nitrogens with two attached hydrogens (primary N) is 2. The van der Waals surface area contributed by atoms with Crippen LogP contribution in [0.3, 0.4) is 0 Å². The summed E-state index contributed by atoms with van der Waals surface area (Å²) in [5.74, 6) is 2.61. The number of rotatable bonds is 2. The van der Waals surface area contributed by atoms with Crippen molar-refractivity contribution in [2.75, 3.05) is 16.8 Å². The molecule has 3 aliphatic rings. The molecule has 0 radical (unpaired) electrons. The van der Waals surface area contributed by atoms with E-state index in [-0.39, 0.29) is 5.41 Å². The molecule has 0 unspecified atom stereocenters. The lowest BCUT2D eigenvalue weighted by atomic mass is 9.55. The van der Waals surface area contributed by atoms with Crippen molar-refractivity contribution in [3.05, 3.63) is 47.5 Å². The maximum Gasteiger partial charge on any atom is 0.417 e. The number of carbonyl (C=O) groups is 2. The highest BCUT2D eigenvalue weighted by Gasteiger charge is 2.54. The molecule has 4 atom stereocenters. The second-order valence-corrected chi connectivity index (χ2v) is 9.60. The minimum atomic E-state index is -0.573. The van der Waals surface area contributed by atoms with Crippen molar-refractivity contribution in [2.45, 2.75) is 51.4 Å². The van der Waals surface area contributed by atoms with Gasteiger partial charge >= 0.3 is 6.09 Å². The number of anilines is 3. The fourth-order valence-corrected chi connectivity index (χ4v) is 6.39. The number of Topliss-reactive ketones (excluding diaryl/α,β-unsaturated/α-hetero) is 1. The Labute approximate surface area is 182 Å². The quantitative estimate of drug-likeness (QED) is 0.601. The van der Waals surface area contributed by atoms with Crippen molar-refractivity contribution in [1.82, 2.24) is 0 Å². The summed E-state index contributed by atoms with van der Waals surface area (Å²) in [4.78, 5) is 24.8. The van der Waals surface area contributed by atoms with Crippen molar-refractivity contribution >= 4 is 28.9 Å². The number of nitrogens with one attached hydrogen (secondary N) is 1. The third kappa shape index (κ3) is 3.44. The highest BCUT2D eigenvalue weighted by atomic mass is 16.6. The zero-order valence-corrected chi connectivity index (χ0v) is 17.8. The second-order valence-electron chi connectivity index (χ2n) is 9.60. The van der Waals surface area contributed by atoms with Crippen LogP contribution in [0.5, 0.6) is 5.75 Å². The summed E-state index contributed by atoms with van der Waals surface area (Å²) in [5, 5.41) is 2.68. The summed E-state index contributed by atoms with van der Waals surface area (Å²) in [6, 6.07) is 10.9. The van der Waals surface area contributed by atoms with E-state index in [0.29, 0.717) is 46.3 Å². The Morgan fingerprint density at radius 3 is 2.61 bits per heavy atom. The number of ketones is 1. The van der Waals surface area contributed by atoms with Gasteiger partial charge in [-0.2, -0.15) is 0 Å². The maximum absolute atomic E-state index is 12.5. The van der Waals surface area contributed by atoms with Crippen LogP contribution < -0.4 is 21.5 Å². The van der Waals surface area contributed by atoms with Crippen LogP contribution in [0.4, 0.5) is 21.9 Å². The molecule has 0 bridgehead atoms. The second kappa shape index (κ2) is 7.29. The maximum atomic E-state index is 12.5. The number of benzene rings is 2. The molecule has 2 aromatic carbocycles. The number of fused-ring (bicyclic) bond motifs is 5. The molecule has 0 spiro atoms. The van der Waals surface area contributed by atoms with Crippen LogP contribution in [0.15, 0.2) is 36.4 Å². The first-order chi connectivity index (χ1) is 14.8. The summed E-state index contributed by atoms with van der Waals surface area (Å²) >= 11 is 0. The van der Waals surface area contributed by atoms with Gasteiger partial charge in [0.05, 0.1) is 0 Å². The number of ether oxygens (including phenoxy) is 1. The number of amides is 1. The van der Waals surface area contributed by atoms with Crippen molar-refractivity contribution in [1.29, 1.82) is 0 Å². The van der Waals surface area contributed by atoms with Crippen LogP contribution in [0, 0.1) is 17.3 Å². The average molecular weight is 420 g/mol. The van der Waals surface area contributed by atoms with Crippen molar-refractivity contribution in [2.24, 2.45) is 17.3 Å². The zero-order valence-electron chi connectivity index (χ0n) is 17.8. The van der Waals surface area contributed by atoms with Gasteiger partial charge < -0.3 is 16.2 Å². The molecule has 5 N–H and O–H groups in total. The first-order valence-electron chi connectivity index (χ1n) is 11.1. The van der Waals surface area contributed by atoms with E-state index >= 15 is 0 Å². The van der Waals surface area contributed by atoms with Crippen molar-refractivity contribution < 1.29 is 14.3 Å². The SMILES string of the molecule is C[C@]12CC[C@@H]3c4ccc(OC(=O)Nc5cc(N)cc(N)c5)cc4CC[C@H]3[C@@H]1CCC2=O. The Bertz CT molecular complexity index is 1050. The molecule has 31 heavy (non-hydrogen) atoms. The van der Waals surface area contributed by atoms with Crippen LogP contribution >= 0.6 is 0 Å². The molecule has 1 amide bonds. The molecule has 0 saturated heterocycles. The van der Waals surface area contributed by atoms with Gasteiger partial charge in [-0.1, -0.05) is 13.0 Å². The van der Waals surface area contributed by atoms with Crippen LogP contribution in [-0.4, -0.2) is 11.9 Å². The number of hydrogen-bond donors (Lipinski definition) is 3. The molecule has 2 saturated carbocycles. The number of hydrogen-bond acceptors (Lipinski definition) is 5. The monoisotopic (exact) mass is 419 g/mol. The summed E-state index contributed by atoms with van der Waals surface area (Å²) in [6.07, 6.45) is 5.33. The average Bonchev–Trinajstić information content (AvgIpc) is 3.01. The van der Waals surface area contributed by atoms with Gasteiger partial charge in [-0.15, -0.1) is 0 Å². The zero-order chi connectivity index (χ0) is 21.8. The normalized spacial score (nSPS) is 28.9. The fourth-order valence-electron chi connectivity index (χ4n) is 6.39. The molecule has 3 aliphatic carbocycles. The predicted octanol–water partition coefficient (Wildman–Crippen LogP) is 4.89. The molecule has 5 rings (SSSR count). The van der Waals surface area contributed by atoms with E-state index in [9.17, 15) is 9.59 Å². The van der Waals surface area contributed by atoms with Crippen LogP contribution in [0.1, 0.15) is 56.1 Å². The standard InChI is InChI=1S/C25H29N3O3/c1-25-9-8-20-19-5-3-18(31-24(30)28-17-12-15(26)11-16(27)13-17)10-14(19)2-4-21(20)22(25)6-7-23(25)29/h3,5,10-13,20-22H,2,4,6-9,26-27H2,1H3,(H,28,30)/t20-,21-,22+,25+/m1/s1. The smallest absolute Gasteiger partial charge is 0.410 e. The van der Waals surface area contributed by atoms with Gasteiger partial charge in [-0.3, -0.25) is 10.1 Å². The van der Waals surface area contributed by atoms with Crippen LogP contribution in [0.25, 0.3) is 0 Å². The first-order valence-corrected chi connectivity index (χ1v) is 11.1. The number of nitrogen functional groups attached to an aromatic ring is 2. The van der Waals surface area contributed by atoms with Crippen LogP contribution in [0.2, 0.25) is 0 Å². The summed E-state index contributed by atoms with van der Waals surface area (Å²) < 4.78 is 5.52. The fraction of sp³-hybridized carbons (Fsp3) is 0.440. The van der Waals surface area contributed by atoms with E-state index in [1.165, 1.54) is 11.1 Å². The third-order valence-electron chi connectivity index (χ3n) is 7.84. The minimum Gasteiger partial charge on any atom is -0.410 e. The molecule has 0 aromatic heterocycles. The highest BCUT2D eigenvalue weighted by Crippen LogP contribution is 2.59. The largest absolute Gasteiger partial charge is 0.417 e. The topological polar surface area (TPSA) is 107 Å². The molecular formula is C25H29N3O3. The molecule has 2 aromatic rings.